The molecule has 3 rings (SSSR count). The maximum atomic E-state index is 13.7. The van der Waals surface area contributed by atoms with Gasteiger partial charge in [-0.1, -0.05) is 48.9 Å². The third-order valence-electron chi connectivity index (χ3n) is 5.71. The summed E-state index contributed by atoms with van der Waals surface area (Å²) in [4.78, 5) is 27.7. The van der Waals surface area contributed by atoms with Gasteiger partial charge < -0.3 is 10.2 Å². The Morgan fingerprint density at radius 1 is 0.973 bits per heavy atom. The quantitative estimate of drug-likeness (QED) is 0.381. The number of sulfonamides is 1. The molecule has 0 fully saturated rings. The first-order chi connectivity index (χ1) is 17.6. The van der Waals surface area contributed by atoms with Crippen molar-refractivity contribution >= 4 is 39.1 Å². The van der Waals surface area contributed by atoms with Gasteiger partial charge in [0.2, 0.25) is 11.8 Å². The molecule has 2 amide bonds. The molecule has 0 aromatic heterocycles. The van der Waals surface area contributed by atoms with Gasteiger partial charge in [0.15, 0.2) is 0 Å². The fourth-order valence-electron chi connectivity index (χ4n) is 3.62. The number of hydrogen-bond acceptors (Lipinski definition) is 4. The van der Waals surface area contributed by atoms with Crippen molar-refractivity contribution in [3.63, 3.8) is 0 Å². The fourth-order valence-corrected chi connectivity index (χ4v) is 5.16. The molecule has 0 radical (unpaired) electrons. The third kappa shape index (κ3) is 7.30. The van der Waals surface area contributed by atoms with Gasteiger partial charge in [-0.25, -0.2) is 12.8 Å². The van der Waals surface area contributed by atoms with Crippen LogP contribution in [0, 0.1) is 5.82 Å². The van der Waals surface area contributed by atoms with E-state index in [0.717, 1.165) is 40.6 Å². The molecule has 3 aromatic rings. The summed E-state index contributed by atoms with van der Waals surface area (Å²) in [5, 5.41) is 3.31. The highest BCUT2D eigenvalue weighted by molar-refractivity contribution is 7.92. The Kier molecular flexibility index (Phi) is 9.66. The van der Waals surface area contributed by atoms with E-state index in [-0.39, 0.29) is 23.0 Å². The second-order valence-electron chi connectivity index (χ2n) is 8.42. The molecular weight excluding hydrogens is 517 g/mol. The van der Waals surface area contributed by atoms with E-state index in [9.17, 15) is 22.4 Å². The number of nitrogens with zero attached hydrogens (tertiary/aromatic N) is 2. The van der Waals surface area contributed by atoms with E-state index >= 15 is 0 Å². The lowest BCUT2D eigenvalue weighted by atomic mass is 10.1. The summed E-state index contributed by atoms with van der Waals surface area (Å²) >= 11 is 5.99. The van der Waals surface area contributed by atoms with Crippen molar-refractivity contribution in [2.75, 3.05) is 17.4 Å². The molecule has 0 aliphatic carbocycles. The first-order valence-electron chi connectivity index (χ1n) is 11.8. The zero-order valence-electron chi connectivity index (χ0n) is 20.6. The number of rotatable bonds is 11. The van der Waals surface area contributed by atoms with Crippen molar-refractivity contribution in [3.8, 4) is 0 Å². The molecule has 0 spiro atoms. The number of carbonyl (C=O) groups excluding carboxylic acids is 2. The van der Waals surface area contributed by atoms with Crippen molar-refractivity contribution in [2.24, 2.45) is 0 Å². The number of para-hydroxylation sites is 1. The van der Waals surface area contributed by atoms with Crippen molar-refractivity contribution in [3.05, 3.63) is 95.3 Å². The van der Waals surface area contributed by atoms with Crippen LogP contribution in [0.25, 0.3) is 0 Å². The topological polar surface area (TPSA) is 86.8 Å². The Morgan fingerprint density at radius 2 is 1.59 bits per heavy atom. The number of anilines is 1. The van der Waals surface area contributed by atoms with Gasteiger partial charge in [0.1, 0.15) is 18.4 Å². The maximum Gasteiger partial charge on any atom is 0.264 e. The van der Waals surface area contributed by atoms with E-state index in [2.05, 4.69) is 5.32 Å². The maximum absolute atomic E-state index is 13.7. The average Bonchev–Trinajstić information content (AvgIpc) is 2.90. The molecule has 1 N–H and O–H groups in total. The van der Waals surface area contributed by atoms with E-state index in [1.807, 2.05) is 6.92 Å². The summed E-state index contributed by atoms with van der Waals surface area (Å²) in [6.07, 6.45) is 0.724. The van der Waals surface area contributed by atoms with Gasteiger partial charge in [-0.05, 0) is 67.4 Å². The molecule has 1 atom stereocenters. The smallest absolute Gasteiger partial charge is 0.264 e. The van der Waals surface area contributed by atoms with Crippen LogP contribution in [0.2, 0.25) is 5.02 Å². The van der Waals surface area contributed by atoms with Crippen molar-refractivity contribution in [2.45, 2.75) is 37.8 Å². The predicted octanol–water partition coefficient (Wildman–Crippen LogP) is 4.62. The summed E-state index contributed by atoms with van der Waals surface area (Å²) < 4.78 is 41.6. The first kappa shape index (κ1) is 28.1. The molecular formula is C27H29ClFN3O4S. The Balaban J connectivity index is 1.98. The second-order valence-corrected chi connectivity index (χ2v) is 10.7. The highest BCUT2D eigenvalue weighted by Crippen LogP contribution is 2.24. The largest absolute Gasteiger partial charge is 0.354 e. The minimum Gasteiger partial charge on any atom is -0.354 e. The molecule has 196 valence electrons. The lowest BCUT2D eigenvalue weighted by Crippen LogP contribution is -2.51. The van der Waals surface area contributed by atoms with E-state index in [1.54, 1.807) is 61.5 Å². The summed E-state index contributed by atoms with van der Waals surface area (Å²) in [5.41, 5.74) is 0.982. The minimum atomic E-state index is -4.24. The van der Waals surface area contributed by atoms with Crippen molar-refractivity contribution in [1.82, 2.24) is 10.2 Å². The van der Waals surface area contributed by atoms with E-state index in [1.165, 1.54) is 4.90 Å². The lowest BCUT2D eigenvalue weighted by Gasteiger charge is -2.32. The van der Waals surface area contributed by atoms with E-state index in [4.69, 9.17) is 11.6 Å². The monoisotopic (exact) mass is 545 g/mol. The molecule has 0 unspecified atom stereocenters. The van der Waals surface area contributed by atoms with Crippen LogP contribution in [0.4, 0.5) is 10.1 Å². The minimum absolute atomic E-state index is 0.0654. The van der Waals surface area contributed by atoms with Gasteiger partial charge in [-0.3, -0.25) is 13.9 Å². The molecule has 0 aliphatic rings. The van der Waals surface area contributed by atoms with Crippen LogP contribution in [0.15, 0.2) is 83.8 Å². The summed E-state index contributed by atoms with van der Waals surface area (Å²) in [6, 6.07) is 18.5. The van der Waals surface area contributed by atoms with E-state index < -0.39 is 34.3 Å². The van der Waals surface area contributed by atoms with Crippen LogP contribution in [0.3, 0.4) is 0 Å². The normalized spacial score (nSPS) is 12.0. The standard InChI is InChI=1S/C27H29ClFN3O4S/c1-3-17-30-27(34)20(2)31(18-21-9-11-22(28)12-10-21)26(33)19-32(24-7-5-4-6-8-24)37(35,36)25-15-13-23(29)14-16-25/h4-16,20H,3,17-19H2,1-2H3,(H,30,34)/t20-/m1/s1. The Labute approximate surface area is 221 Å². The lowest BCUT2D eigenvalue weighted by molar-refractivity contribution is -0.139. The highest BCUT2D eigenvalue weighted by atomic mass is 35.5. The number of carbonyl (C=O) groups is 2. The van der Waals surface area contributed by atoms with Crippen LogP contribution in [-0.2, 0) is 26.2 Å². The predicted molar refractivity (Wildman–Crippen MR) is 142 cm³/mol. The average molecular weight is 546 g/mol. The van der Waals surface area contributed by atoms with Gasteiger partial charge in [0.25, 0.3) is 10.0 Å². The number of amides is 2. The molecule has 0 saturated heterocycles. The van der Waals surface area contributed by atoms with Crippen LogP contribution < -0.4 is 9.62 Å². The third-order valence-corrected chi connectivity index (χ3v) is 7.75. The molecule has 0 aliphatic heterocycles. The summed E-state index contributed by atoms with van der Waals surface area (Å²) in [7, 11) is -4.24. The van der Waals surface area contributed by atoms with Crippen LogP contribution in [0.5, 0.6) is 0 Å². The first-order valence-corrected chi connectivity index (χ1v) is 13.6. The van der Waals surface area contributed by atoms with Crippen molar-refractivity contribution < 1.29 is 22.4 Å². The number of benzene rings is 3. The molecule has 7 nitrogen and oxygen atoms in total. The van der Waals surface area contributed by atoms with Crippen LogP contribution in [-0.4, -0.2) is 44.3 Å². The molecule has 0 heterocycles. The van der Waals surface area contributed by atoms with Crippen LogP contribution >= 0.6 is 11.6 Å². The Bertz CT molecular complexity index is 1300. The zero-order chi connectivity index (χ0) is 27.0. The number of nitrogens with one attached hydrogen (secondary N) is 1. The summed E-state index contributed by atoms with van der Waals surface area (Å²) in [6.45, 7) is 3.46. The van der Waals surface area contributed by atoms with Gasteiger partial charge >= 0.3 is 0 Å². The SMILES string of the molecule is CCCNC(=O)[C@@H](C)N(Cc1ccc(Cl)cc1)C(=O)CN(c1ccccc1)S(=O)(=O)c1ccc(F)cc1. The molecule has 10 heteroatoms. The fraction of sp³-hybridized carbons (Fsp3) is 0.259. The summed E-state index contributed by atoms with van der Waals surface area (Å²) in [5.74, 6) is -1.51. The molecule has 37 heavy (non-hydrogen) atoms. The zero-order valence-corrected chi connectivity index (χ0v) is 22.2. The van der Waals surface area contributed by atoms with Gasteiger partial charge in [0, 0.05) is 18.1 Å². The molecule has 3 aromatic carbocycles. The number of halogens is 2. The van der Waals surface area contributed by atoms with Gasteiger partial charge in [-0.2, -0.15) is 0 Å². The van der Waals surface area contributed by atoms with E-state index in [0.29, 0.717) is 11.6 Å². The van der Waals surface area contributed by atoms with Crippen molar-refractivity contribution in [1.29, 1.82) is 0 Å². The number of hydrogen-bond donors (Lipinski definition) is 1. The second kappa shape index (κ2) is 12.7. The van der Waals surface area contributed by atoms with Gasteiger partial charge in [-0.15, -0.1) is 0 Å². The Morgan fingerprint density at radius 3 is 2.19 bits per heavy atom. The highest BCUT2D eigenvalue weighted by Gasteiger charge is 2.32. The van der Waals surface area contributed by atoms with Gasteiger partial charge in [0.05, 0.1) is 10.6 Å². The Hall–Kier alpha value is -3.43. The molecule has 0 bridgehead atoms. The van der Waals surface area contributed by atoms with Crippen LogP contribution in [0.1, 0.15) is 25.8 Å². The molecule has 0 saturated carbocycles.